The second-order valence-electron chi connectivity index (χ2n) is 6.51. The van der Waals surface area contributed by atoms with Gasteiger partial charge in [-0.15, -0.1) is 0 Å². The molecule has 1 fully saturated rings. The summed E-state index contributed by atoms with van der Waals surface area (Å²) in [7, 11) is 0. The van der Waals surface area contributed by atoms with Gasteiger partial charge in [-0.3, -0.25) is 4.90 Å². The van der Waals surface area contributed by atoms with Crippen molar-refractivity contribution in [2.24, 2.45) is 0 Å². The molecule has 1 saturated heterocycles. The number of rotatable bonds is 5. The molecule has 2 aliphatic rings. The fraction of sp³-hybridized carbons (Fsp3) is 0.667. The summed E-state index contributed by atoms with van der Waals surface area (Å²) in [5, 5.41) is 3.72. The second kappa shape index (κ2) is 6.28. The van der Waals surface area contributed by atoms with E-state index in [2.05, 4.69) is 48.3 Å². The van der Waals surface area contributed by atoms with Gasteiger partial charge in [-0.2, -0.15) is 0 Å². The number of hydrogen-bond acceptors (Lipinski definition) is 2. The van der Waals surface area contributed by atoms with Crippen molar-refractivity contribution in [3.05, 3.63) is 35.4 Å². The van der Waals surface area contributed by atoms with Crippen LogP contribution >= 0.6 is 0 Å². The van der Waals surface area contributed by atoms with E-state index in [-0.39, 0.29) is 0 Å². The van der Waals surface area contributed by atoms with Gasteiger partial charge in [-0.25, -0.2) is 0 Å². The van der Waals surface area contributed by atoms with E-state index in [1.807, 2.05) is 0 Å². The first kappa shape index (κ1) is 14.1. The molecular weight excluding hydrogens is 244 g/mol. The molecule has 0 saturated carbocycles. The van der Waals surface area contributed by atoms with Crippen molar-refractivity contribution in [2.45, 2.75) is 57.5 Å². The van der Waals surface area contributed by atoms with Crippen molar-refractivity contribution in [3.63, 3.8) is 0 Å². The number of nitrogens with one attached hydrogen (secondary N) is 1. The summed E-state index contributed by atoms with van der Waals surface area (Å²) in [5.41, 5.74) is 3.18. The van der Waals surface area contributed by atoms with Gasteiger partial charge < -0.3 is 5.32 Å². The highest BCUT2D eigenvalue weighted by Gasteiger charge is 2.32. The Kier molecular flexibility index (Phi) is 4.42. The number of piperazine rings is 1. The molecule has 1 aromatic carbocycles. The van der Waals surface area contributed by atoms with Gasteiger partial charge in [0.1, 0.15) is 0 Å². The molecule has 2 heteroatoms. The Bertz CT molecular complexity index is 443. The van der Waals surface area contributed by atoms with Crippen LogP contribution in [0.15, 0.2) is 24.3 Å². The third-order valence-electron chi connectivity index (χ3n) is 5.14. The summed E-state index contributed by atoms with van der Waals surface area (Å²) < 4.78 is 0. The molecule has 0 bridgehead atoms. The molecule has 1 aliphatic carbocycles. The molecule has 0 amide bonds. The molecule has 3 rings (SSSR count). The van der Waals surface area contributed by atoms with Crippen LogP contribution in [0.25, 0.3) is 0 Å². The van der Waals surface area contributed by atoms with Gasteiger partial charge in [0.05, 0.1) is 0 Å². The van der Waals surface area contributed by atoms with Crippen molar-refractivity contribution in [1.29, 1.82) is 0 Å². The SMILES string of the molecule is CCCC1CNC(CC)CN1CC1Cc2ccccc21. The smallest absolute Gasteiger partial charge is 0.0221 e. The first-order valence-corrected chi connectivity index (χ1v) is 8.37. The van der Waals surface area contributed by atoms with Crippen LogP contribution in [0.3, 0.4) is 0 Å². The summed E-state index contributed by atoms with van der Waals surface area (Å²) in [5.74, 6) is 0.779. The van der Waals surface area contributed by atoms with Gasteiger partial charge in [-0.05, 0) is 30.4 Å². The number of fused-ring (bicyclic) bond motifs is 1. The van der Waals surface area contributed by atoms with Crippen LogP contribution in [0.2, 0.25) is 0 Å². The maximum atomic E-state index is 3.72. The summed E-state index contributed by atoms with van der Waals surface area (Å²) in [6.07, 6.45) is 5.16. The summed E-state index contributed by atoms with van der Waals surface area (Å²) in [6.45, 7) is 8.29. The molecule has 0 aromatic heterocycles. The van der Waals surface area contributed by atoms with E-state index < -0.39 is 0 Å². The Labute approximate surface area is 123 Å². The predicted octanol–water partition coefficient (Wildman–Crippen LogP) is 3.18. The maximum Gasteiger partial charge on any atom is 0.0221 e. The Hall–Kier alpha value is -0.860. The predicted molar refractivity (Wildman–Crippen MR) is 85.2 cm³/mol. The average Bonchev–Trinajstić information content (AvgIpc) is 2.46. The normalized spacial score (nSPS) is 29.8. The Balaban J connectivity index is 1.64. The molecule has 1 heterocycles. The minimum Gasteiger partial charge on any atom is -0.311 e. The molecule has 3 unspecified atom stereocenters. The van der Waals surface area contributed by atoms with Crippen molar-refractivity contribution in [1.82, 2.24) is 10.2 Å². The summed E-state index contributed by atoms with van der Waals surface area (Å²) in [6, 6.07) is 10.4. The average molecular weight is 272 g/mol. The summed E-state index contributed by atoms with van der Waals surface area (Å²) in [4.78, 5) is 2.77. The zero-order chi connectivity index (χ0) is 13.9. The minimum atomic E-state index is 0.693. The lowest BCUT2D eigenvalue weighted by atomic mass is 9.77. The van der Waals surface area contributed by atoms with Crippen LogP contribution in [0.5, 0.6) is 0 Å². The largest absolute Gasteiger partial charge is 0.311 e. The quantitative estimate of drug-likeness (QED) is 0.885. The van der Waals surface area contributed by atoms with Crippen LogP contribution in [0.1, 0.15) is 50.2 Å². The molecular formula is C18H28N2. The molecule has 20 heavy (non-hydrogen) atoms. The molecule has 0 spiro atoms. The highest BCUT2D eigenvalue weighted by Crippen LogP contribution is 2.36. The van der Waals surface area contributed by atoms with Crippen molar-refractivity contribution in [2.75, 3.05) is 19.6 Å². The molecule has 1 aliphatic heterocycles. The van der Waals surface area contributed by atoms with Gasteiger partial charge in [0.25, 0.3) is 0 Å². The molecule has 0 radical (unpaired) electrons. The Morgan fingerprint density at radius 3 is 2.85 bits per heavy atom. The van der Waals surface area contributed by atoms with E-state index in [9.17, 15) is 0 Å². The lowest BCUT2D eigenvalue weighted by Crippen LogP contribution is -2.57. The standard InChI is InChI=1S/C18H28N2/c1-3-7-17-11-19-16(4-2)13-20(17)12-15-10-14-8-5-6-9-18(14)15/h5-6,8-9,15-17,19H,3-4,7,10-13H2,1-2H3. The van der Waals surface area contributed by atoms with Crippen LogP contribution < -0.4 is 5.32 Å². The van der Waals surface area contributed by atoms with Crippen molar-refractivity contribution < 1.29 is 0 Å². The molecule has 1 N–H and O–H groups in total. The minimum absolute atomic E-state index is 0.693. The van der Waals surface area contributed by atoms with Gasteiger partial charge >= 0.3 is 0 Å². The molecule has 2 nitrogen and oxygen atoms in total. The van der Waals surface area contributed by atoms with E-state index in [1.54, 1.807) is 11.1 Å². The second-order valence-corrected chi connectivity index (χ2v) is 6.51. The van der Waals surface area contributed by atoms with Gasteiger partial charge in [0.15, 0.2) is 0 Å². The van der Waals surface area contributed by atoms with Crippen LogP contribution in [-0.4, -0.2) is 36.6 Å². The van der Waals surface area contributed by atoms with Crippen molar-refractivity contribution >= 4 is 0 Å². The monoisotopic (exact) mass is 272 g/mol. The number of nitrogens with zero attached hydrogens (tertiary/aromatic N) is 1. The van der Waals surface area contributed by atoms with E-state index in [0.717, 1.165) is 12.0 Å². The Morgan fingerprint density at radius 2 is 2.10 bits per heavy atom. The van der Waals surface area contributed by atoms with Gasteiger partial charge in [0.2, 0.25) is 0 Å². The number of benzene rings is 1. The summed E-state index contributed by atoms with van der Waals surface area (Å²) >= 11 is 0. The van der Waals surface area contributed by atoms with Crippen LogP contribution in [-0.2, 0) is 6.42 Å². The number of hydrogen-bond donors (Lipinski definition) is 1. The van der Waals surface area contributed by atoms with E-state index in [1.165, 1.54) is 45.3 Å². The fourth-order valence-electron chi connectivity index (χ4n) is 3.85. The van der Waals surface area contributed by atoms with E-state index in [0.29, 0.717) is 6.04 Å². The van der Waals surface area contributed by atoms with Crippen molar-refractivity contribution in [3.8, 4) is 0 Å². The fourth-order valence-corrected chi connectivity index (χ4v) is 3.85. The lowest BCUT2D eigenvalue weighted by Gasteiger charge is -2.44. The van der Waals surface area contributed by atoms with Crippen LogP contribution in [0.4, 0.5) is 0 Å². The zero-order valence-electron chi connectivity index (χ0n) is 12.9. The Morgan fingerprint density at radius 1 is 1.25 bits per heavy atom. The maximum absolute atomic E-state index is 3.72. The zero-order valence-corrected chi connectivity index (χ0v) is 12.9. The molecule has 3 atom stereocenters. The first-order chi connectivity index (χ1) is 9.81. The lowest BCUT2D eigenvalue weighted by molar-refractivity contribution is 0.110. The van der Waals surface area contributed by atoms with Crippen LogP contribution in [0, 0.1) is 0 Å². The van der Waals surface area contributed by atoms with E-state index >= 15 is 0 Å². The third kappa shape index (κ3) is 2.77. The molecule has 1 aromatic rings. The van der Waals surface area contributed by atoms with E-state index in [4.69, 9.17) is 0 Å². The van der Waals surface area contributed by atoms with Gasteiger partial charge in [0, 0.05) is 37.6 Å². The first-order valence-electron chi connectivity index (χ1n) is 8.37. The highest BCUT2D eigenvalue weighted by atomic mass is 15.2. The highest BCUT2D eigenvalue weighted by molar-refractivity contribution is 5.40. The topological polar surface area (TPSA) is 15.3 Å². The molecule has 110 valence electrons. The van der Waals surface area contributed by atoms with Gasteiger partial charge in [-0.1, -0.05) is 44.5 Å². The third-order valence-corrected chi connectivity index (χ3v) is 5.14.